The Balaban J connectivity index is 1.92. The van der Waals surface area contributed by atoms with Crippen LogP contribution in [0.25, 0.3) is 6.08 Å². The number of ether oxygens (including phenoxy) is 1. The van der Waals surface area contributed by atoms with Crippen molar-refractivity contribution in [2.45, 2.75) is 0 Å². The molecule has 1 aliphatic heterocycles. The van der Waals surface area contributed by atoms with Crippen molar-refractivity contribution < 1.29 is 9.53 Å². The lowest BCUT2D eigenvalue weighted by molar-refractivity contribution is -0.129. The van der Waals surface area contributed by atoms with Gasteiger partial charge in [0.25, 0.3) is 0 Å². The number of benzene rings is 1. The topological polar surface area (TPSA) is 38.7 Å². The van der Waals surface area contributed by atoms with Crippen molar-refractivity contribution in [3.63, 3.8) is 0 Å². The molecule has 1 aliphatic rings. The maximum absolute atomic E-state index is 11.7. The van der Waals surface area contributed by atoms with Crippen molar-refractivity contribution in [2.75, 3.05) is 0 Å². The van der Waals surface area contributed by atoms with Crippen molar-refractivity contribution in [3.8, 4) is 0 Å². The van der Waals surface area contributed by atoms with E-state index in [0.29, 0.717) is 16.6 Å². The van der Waals surface area contributed by atoms with Crippen LogP contribution in [0.15, 0.2) is 52.5 Å². The Kier molecular flexibility index (Phi) is 3.19. The third-order valence-electron chi connectivity index (χ3n) is 2.53. The summed E-state index contributed by atoms with van der Waals surface area (Å²) < 4.78 is 5.14. The van der Waals surface area contributed by atoms with Crippen molar-refractivity contribution in [1.82, 2.24) is 0 Å². The minimum atomic E-state index is -0.432. The molecule has 5 heteroatoms. The van der Waals surface area contributed by atoms with Crippen molar-refractivity contribution in [2.24, 2.45) is 4.99 Å². The first-order valence-electron chi connectivity index (χ1n) is 5.54. The smallest absolute Gasteiger partial charge is 0.363 e. The lowest BCUT2D eigenvalue weighted by atomic mass is 10.2. The highest BCUT2D eigenvalue weighted by atomic mass is 35.5. The van der Waals surface area contributed by atoms with Crippen LogP contribution >= 0.6 is 22.9 Å². The van der Waals surface area contributed by atoms with Gasteiger partial charge in [-0.3, -0.25) is 0 Å². The summed E-state index contributed by atoms with van der Waals surface area (Å²) in [6, 6.07) is 10.9. The molecule has 0 fully saturated rings. The van der Waals surface area contributed by atoms with E-state index in [4.69, 9.17) is 16.3 Å². The Morgan fingerprint density at radius 3 is 2.68 bits per heavy atom. The van der Waals surface area contributed by atoms with E-state index in [0.717, 1.165) is 10.4 Å². The second kappa shape index (κ2) is 4.99. The fourth-order valence-electron chi connectivity index (χ4n) is 1.63. The Labute approximate surface area is 118 Å². The van der Waals surface area contributed by atoms with Crippen LogP contribution in [0.2, 0.25) is 5.02 Å². The Bertz CT molecular complexity index is 672. The van der Waals surface area contributed by atoms with E-state index < -0.39 is 5.97 Å². The molecule has 0 unspecified atom stereocenters. The Hall–Kier alpha value is -1.91. The average Bonchev–Trinajstić information content (AvgIpc) is 3.03. The molecule has 0 N–H and O–H groups in total. The fraction of sp³-hybridized carbons (Fsp3) is 0. The number of carbonyl (C=O) groups excluding carboxylic acids is 1. The van der Waals surface area contributed by atoms with Gasteiger partial charge in [-0.05, 0) is 35.2 Å². The fourth-order valence-corrected chi connectivity index (χ4v) is 2.41. The molecule has 0 bridgehead atoms. The van der Waals surface area contributed by atoms with Gasteiger partial charge >= 0.3 is 5.97 Å². The molecule has 0 atom stereocenters. The van der Waals surface area contributed by atoms with Gasteiger partial charge in [-0.2, -0.15) is 0 Å². The van der Waals surface area contributed by atoms with Crippen LogP contribution < -0.4 is 0 Å². The van der Waals surface area contributed by atoms with Crippen LogP contribution in [0, 0.1) is 0 Å². The van der Waals surface area contributed by atoms with Gasteiger partial charge in [0, 0.05) is 5.02 Å². The van der Waals surface area contributed by atoms with Gasteiger partial charge in [0.15, 0.2) is 5.70 Å². The molecule has 3 nitrogen and oxygen atoms in total. The van der Waals surface area contributed by atoms with Crippen LogP contribution in [0.3, 0.4) is 0 Å². The SMILES string of the molecule is O=C1OC(c2cccs2)=N/C1=C\c1ccc(Cl)cc1. The summed E-state index contributed by atoms with van der Waals surface area (Å²) in [6.45, 7) is 0. The molecule has 1 aromatic carbocycles. The first-order valence-corrected chi connectivity index (χ1v) is 6.80. The summed E-state index contributed by atoms with van der Waals surface area (Å²) in [4.78, 5) is 16.8. The molecule has 0 aliphatic carbocycles. The molecule has 94 valence electrons. The summed E-state index contributed by atoms with van der Waals surface area (Å²) in [5.74, 6) is -0.0708. The summed E-state index contributed by atoms with van der Waals surface area (Å²) in [7, 11) is 0. The number of thiophene rings is 1. The molecule has 1 aromatic heterocycles. The normalized spacial score (nSPS) is 16.6. The van der Waals surface area contributed by atoms with Gasteiger partial charge in [0.05, 0.1) is 4.88 Å². The number of esters is 1. The quantitative estimate of drug-likeness (QED) is 0.624. The first-order chi connectivity index (χ1) is 9.22. The highest BCUT2D eigenvalue weighted by molar-refractivity contribution is 7.12. The summed E-state index contributed by atoms with van der Waals surface area (Å²) in [6.07, 6.45) is 1.68. The first kappa shape index (κ1) is 12.1. The molecule has 0 amide bonds. The van der Waals surface area contributed by atoms with Gasteiger partial charge in [-0.25, -0.2) is 9.79 Å². The number of rotatable bonds is 2. The predicted octanol–water partition coefficient (Wildman–Crippen LogP) is 3.75. The van der Waals surface area contributed by atoms with E-state index in [-0.39, 0.29) is 0 Å². The third kappa shape index (κ3) is 2.59. The molecule has 0 saturated heterocycles. The average molecular weight is 290 g/mol. The van der Waals surface area contributed by atoms with Gasteiger partial charge in [-0.15, -0.1) is 11.3 Å². The van der Waals surface area contributed by atoms with Crippen LogP contribution in [0.5, 0.6) is 0 Å². The van der Waals surface area contributed by atoms with Gasteiger partial charge < -0.3 is 4.74 Å². The zero-order valence-corrected chi connectivity index (χ0v) is 11.2. The minimum Gasteiger partial charge on any atom is -0.401 e. The molecule has 0 spiro atoms. The zero-order chi connectivity index (χ0) is 13.2. The summed E-state index contributed by atoms with van der Waals surface area (Å²) in [5, 5.41) is 2.56. The van der Waals surface area contributed by atoms with Crippen molar-refractivity contribution in [1.29, 1.82) is 0 Å². The van der Waals surface area contributed by atoms with E-state index in [9.17, 15) is 4.79 Å². The lowest BCUT2D eigenvalue weighted by Gasteiger charge is -1.94. The number of aliphatic imine (C=N–C) groups is 1. The highest BCUT2D eigenvalue weighted by Gasteiger charge is 2.24. The maximum atomic E-state index is 11.7. The number of carbonyl (C=O) groups is 1. The molecule has 2 aromatic rings. The Morgan fingerprint density at radius 1 is 1.21 bits per heavy atom. The monoisotopic (exact) mass is 289 g/mol. The maximum Gasteiger partial charge on any atom is 0.363 e. The van der Waals surface area contributed by atoms with Crippen molar-refractivity contribution in [3.05, 3.63) is 62.9 Å². The van der Waals surface area contributed by atoms with Crippen LogP contribution in [0.4, 0.5) is 0 Å². The van der Waals surface area contributed by atoms with Gasteiger partial charge in [0.1, 0.15) is 0 Å². The van der Waals surface area contributed by atoms with Crippen LogP contribution in [-0.2, 0) is 9.53 Å². The molecular formula is C14H8ClNO2S. The molecule has 2 heterocycles. The van der Waals surface area contributed by atoms with E-state index in [1.807, 2.05) is 29.6 Å². The minimum absolute atomic E-state index is 0.297. The van der Waals surface area contributed by atoms with E-state index >= 15 is 0 Å². The predicted molar refractivity (Wildman–Crippen MR) is 76.4 cm³/mol. The number of nitrogens with zero attached hydrogens (tertiary/aromatic N) is 1. The number of halogens is 1. The van der Waals surface area contributed by atoms with E-state index in [2.05, 4.69) is 4.99 Å². The highest BCUT2D eigenvalue weighted by Crippen LogP contribution is 2.21. The number of cyclic esters (lactones) is 1. The largest absolute Gasteiger partial charge is 0.401 e. The van der Waals surface area contributed by atoms with Crippen LogP contribution in [-0.4, -0.2) is 11.9 Å². The zero-order valence-electron chi connectivity index (χ0n) is 9.67. The number of hydrogen-bond acceptors (Lipinski definition) is 4. The number of hydrogen-bond donors (Lipinski definition) is 0. The van der Waals surface area contributed by atoms with Gasteiger partial charge in [-0.1, -0.05) is 29.8 Å². The summed E-state index contributed by atoms with van der Waals surface area (Å²) in [5.41, 5.74) is 1.15. The molecular weight excluding hydrogens is 282 g/mol. The molecule has 19 heavy (non-hydrogen) atoms. The molecule has 0 saturated carbocycles. The lowest BCUT2D eigenvalue weighted by Crippen LogP contribution is -2.03. The molecule has 3 rings (SSSR count). The Morgan fingerprint density at radius 2 is 2.00 bits per heavy atom. The molecule has 0 radical (unpaired) electrons. The summed E-state index contributed by atoms with van der Waals surface area (Å²) >= 11 is 7.29. The standard InChI is InChI=1S/C14H8ClNO2S/c15-10-5-3-9(4-6-10)8-11-14(17)18-13(16-11)12-2-1-7-19-12/h1-8H/b11-8-. The van der Waals surface area contributed by atoms with Crippen molar-refractivity contribution >= 4 is 40.9 Å². The third-order valence-corrected chi connectivity index (χ3v) is 3.64. The van der Waals surface area contributed by atoms with Gasteiger partial charge in [0.2, 0.25) is 5.90 Å². The van der Waals surface area contributed by atoms with E-state index in [1.165, 1.54) is 11.3 Å². The van der Waals surface area contributed by atoms with Crippen LogP contribution in [0.1, 0.15) is 10.4 Å². The second-order valence-electron chi connectivity index (χ2n) is 3.86. The second-order valence-corrected chi connectivity index (χ2v) is 5.25. The van der Waals surface area contributed by atoms with E-state index in [1.54, 1.807) is 18.2 Å².